The normalized spacial score (nSPS) is 18.8. The van der Waals surface area contributed by atoms with E-state index in [2.05, 4.69) is 42.7 Å². The van der Waals surface area contributed by atoms with Crippen molar-refractivity contribution >= 4 is 34.0 Å². The van der Waals surface area contributed by atoms with Gasteiger partial charge < -0.3 is 15.1 Å². The maximum atomic E-state index is 12.3. The molecule has 150 valence electrons. The summed E-state index contributed by atoms with van der Waals surface area (Å²) in [6.07, 6.45) is 7.86. The van der Waals surface area contributed by atoms with Crippen LogP contribution < -0.4 is 15.5 Å². The topological polar surface area (TPSA) is 86.3 Å². The van der Waals surface area contributed by atoms with Gasteiger partial charge in [-0.05, 0) is 32.0 Å². The lowest BCUT2D eigenvalue weighted by atomic mass is 9.90. The summed E-state index contributed by atoms with van der Waals surface area (Å²) in [5.74, 6) is 1.44. The molecule has 1 aliphatic heterocycles. The molecular formula is C19H27N7OS. The predicted octanol–water partition coefficient (Wildman–Crippen LogP) is 3.38. The number of nitrogens with one attached hydrogen (secondary N) is 2. The molecule has 0 atom stereocenters. The molecule has 1 saturated carbocycles. The van der Waals surface area contributed by atoms with Crippen molar-refractivity contribution in [2.75, 3.05) is 48.8 Å². The van der Waals surface area contributed by atoms with Gasteiger partial charge in [0.15, 0.2) is 0 Å². The summed E-state index contributed by atoms with van der Waals surface area (Å²) in [6.45, 7) is 4.01. The van der Waals surface area contributed by atoms with Crippen molar-refractivity contribution in [3.8, 4) is 0 Å². The Morgan fingerprint density at radius 1 is 1.07 bits per heavy atom. The molecular weight excluding hydrogens is 374 g/mol. The minimum Gasteiger partial charge on any atom is -0.354 e. The highest BCUT2D eigenvalue weighted by Crippen LogP contribution is 2.35. The zero-order chi connectivity index (χ0) is 19.3. The molecule has 9 heteroatoms. The van der Waals surface area contributed by atoms with E-state index < -0.39 is 0 Å². The highest BCUT2D eigenvalue weighted by Gasteiger charge is 2.20. The van der Waals surface area contributed by atoms with Crippen molar-refractivity contribution in [2.24, 2.45) is 0 Å². The maximum absolute atomic E-state index is 12.3. The highest BCUT2D eigenvalue weighted by molar-refractivity contribution is 7.15. The van der Waals surface area contributed by atoms with Crippen LogP contribution in [0, 0.1) is 0 Å². The first kappa shape index (κ1) is 19.1. The monoisotopic (exact) mass is 401 g/mol. The van der Waals surface area contributed by atoms with Gasteiger partial charge >= 0.3 is 6.03 Å². The highest BCUT2D eigenvalue weighted by atomic mass is 32.1. The number of hydrogen-bond acceptors (Lipinski definition) is 7. The number of anilines is 3. The van der Waals surface area contributed by atoms with Gasteiger partial charge in [-0.1, -0.05) is 30.6 Å². The van der Waals surface area contributed by atoms with Crippen molar-refractivity contribution in [3.63, 3.8) is 0 Å². The molecule has 0 spiro atoms. The molecule has 3 heterocycles. The van der Waals surface area contributed by atoms with Crippen molar-refractivity contribution in [1.82, 2.24) is 20.1 Å². The van der Waals surface area contributed by atoms with Crippen LogP contribution in [0.1, 0.15) is 43.0 Å². The van der Waals surface area contributed by atoms with E-state index in [1.807, 2.05) is 12.1 Å². The van der Waals surface area contributed by atoms with Gasteiger partial charge in [0.25, 0.3) is 0 Å². The van der Waals surface area contributed by atoms with Crippen LogP contribution in [0.25, 0.3) is 0 Å². The minimum absolute atomic E-state index is 0.319. The Labute approximate surface area is 169 Å². The summed E-state index contributed by atoms with van der Waals surface area (Å²) in [4.78, 5) is 21.3. The number of aromatic nitrogens is 3. The van der Waals surface area contributed by atoms with E-state index in [4.69, 9.17) is 0 Å². The third-order valence-corrected chi connectivity index (χ3v) is 6.45. The van der Waals surface area contributed by atoms with E-state index >= 15 is 0 Å². The van der Waals surface area contributed by atoms with E-state index in [0.29, 0.717) is 16.7 Å². The lowest BCUT2D eigenvalue weighted by molar-refractivity contribution is 0.262. The van der Waals surface area contributed by atoms with E-state index in [-0.39, 0.29) is 6.03 Å². The van der Waals surface area contributed by atoms with E-state index in [0.717, 1.165) is 37.0 Å². The molecule has 2 fully saturated rings. The maximum Gasteiger partial charge on any atom is 0.325 e. The fourth-order valence-electron chi connectivity index (χ4n) is 3.74. The van der Waals surface area contributed by atoms with Crippen molar-refractivity contribution in [2.45, 2.75) is 38.0 Å². The molecule has 0 unspecified atom stereocenters. The Hall–Kier alpha value is -2.26. The number of carbonyl (C=O) groups excluding carboxylic acids is 1. The summed E-state index contributed by atoms with van der Waals surface area (Å²) >= 11 is 1.48. The Morgan fingerprint density at radius 2 is 1.86 bits per heavy atom. The van der Waals surface area contributed by atoms with Crippen LogP contribution in [-0.2, 0) is 0 Å². The fourth-order valence-corrected chi connectivity index (χ4v) is 4.65. The van der Waals surface area contributed by atoms with Crippen molar-refractivity contribution < 1.29 is 4.79 Å². The second-order valence-electron chi connectivity index (χ2n) is 7.55. The Balaban J connectivity index is 1.29. The molecule has 0 radical (unpaired) electrons. The largest absolute Gasteiger partial charge is 0.354 e. The van der Waals surface area contributed by atoms with Crippen LogP contribution in [0.4, 0.5) is 21.4 Å². The van der Waals surface area contributed by atoms with Gasteiger partial charge in [0.05, 0.1) is 11.9 Å². The first-order chi connectivity index (χ1) is 13.7. The number of nitrogens with zero attached hydrogens (tertiary/aromatic N) is 5. The SMILES string of the molecule is CN1CCN(c2ccc(NC(=O)Nc3nnc(C4CCCCC4)s3)cn2)CC1. The molecule has 2 N–H and O–H groups in total. The van der Waals surface area contributed by atoms with Crippen LogP contribution in [-0.4, -0.2) is 59.3 Å². The number of hydrogen-bond donors (Lipinski definition) is 2. The lowest BCUT2D eigenvalue weighted by Gasteiger charge is -2.33. The molecule has 0 bridgehead atoms. The molecule has 8 nitrogen and oxygen atoms in total. The number of urea groups is 1. The third kappa shape index (κ3) is 4.77. The number of amides is 2. The van der Waals surface area contributed by atoms with E-state index in [1.54, 1.807) is 6.20 Å². The van der Waals surface area contributed by atoms with E-state index in [1.165, 1.54) is 43.4 Å². The van der Waals surface area contributed by atoms with Crippen molar-refractivity contribution in [3.05, 3.63) is 23.3 Å². The van der Waals surface area contributed by atoms with Gasteiger partial charge in [-0.15, -0.1) is 10.2 Å². The quantitative estimate of drug-likeness (QED) is 0.817. The Bertz CT molecular complexity index is 780. The predicted molar refractivity (Wildman–Crippen MR) is 112 cm³/mol. The molecule has 1 aliphatic carbocycles. The van der Waals surface area contributed by atoms with Crippen LogP contribution in [0.5, 0.6) is 0 Å². The summed E-state index contributed by atoms with van der Waals surface area (Å²) in [5, 5.41) is 15.6. The number of likely N-dealkylation sites (N-methyl/N-ethyl adjacent to an activating group) is 1. The standard InChI is InChI=1S/C19H27N7OS/c1-25-9-11-26(12-10-25)16-8-7-15(13-20-16)21-18(27)22-19-24-23-17(28-19)14-5-3-2-4-6-14/h7-8,13-14H,2-6,9-12H2,1H3,(H2,21,22,24,27). The summed E-state index contributed by atoms with van der Waals surface area (Å²) < 4.78 is 0. The third-order valence-electron chi connectivity index (χ3n) is 5.45. The molecule has 4 rings (SSSR count). The zero-order valence-electron chi connectivity index (χ0n) is 16.2. The molecule has 0 aromatic carbocycles. The van der Waals surface area contributed by atoms with Crippen LogP contribution in [0.2, 0.25) is 0 Å². The summed E-state index contributed by atoms with van der Waals surface area (Å²) in [7, 11) is 2.13. The van der Waals surface area contributed by atoms with Crippen LogP contribution in [0.15, 0.2) is 18.3 Å². The van der Waals surface area contributed by atoms with Gasteiger partial charge in [-0.25, -0.2) is 9.78 Å². The smallest absolute Gasteiger partial charge is 0.325 e. The van der Waals surface area contributed by atoms with E-state index in [9.17, 15) is 4.79 Å². The fraction of sp³-hybridized carbons (Fsp3) is 0.579. The second kappa shape index (κ2) is 8.83. The average Bonchev–Trinajstić information content (AvgIpc) is 3.18. The second-order valence-corrected chi connectivity index (χ2v) is 8.56. The number of piperazine rings is 1. The molecule has 2 aromatic heterocycles. The van der Waals surface area contributed by atoms with Gasteiger partial charge in [0.2, 0.25) is 5.13 Å². The molecule has 1 saturated heterocycles. The average molecular weight is 402 g/mol. The molecule has 28 heavy (non-hydrogen) atoms. The van der Waals surface area contributed by atoms with Crippen molar-refractivity contribution in [1.29, 1.82) is 0 Å². The summed E-state index contributed by atoms with van der Waals surface area (Å²) in [6, 6.07) is 3.52. The first-order valence-electron chi connectivity index (χ1n) is 9.98. The van der Waals surface area contributed by atoms with Gasteiger partial charge in [-0.3, -0.25) is 5.32 Å². The lowest BCUT2D eigenvalue weighted by Crippen LogP contribution is -2.44. The van der Waals surface area contributed by atoms with Gasteiger partial charge in [0, 0.05) is 32.1 Å². The zero-order valence-corrected chi connectivity index (χ0v) is 17.0. The van der Waals surface area contributed by atoms with Gasteiger partial charge in [0.1, 0.15) is 10.8 Å². The van der Waals surface area contributed by atoms with Crippen LogP contribution in [0.3, 0.4) is 0 Å². The minimum atomic E-state index is -0.319. The number of carbonyl (C=O) groups is 1. The molecule has 2 aliphatic rings. The Morgan fingerprint density at radius 3 is 2.57 bits per heavy atom. The Kier molecular flexibility index (Phi) is 6.01. The van der Waals surface area contributed by atoms with Crippen LogP contribution >= 0.6 is 11.3 Å². The molecule has 2 aromatic rings. The number of pyridine rings is 1. The molecule has 2 amide bonds. The summed E-state index contributed by atoms with van der Waals surface area (Å²) in [5.41, 5.74) is 0.660. The number of rotatable bonds is 4. The first-order valence-corrected chi connectivity index (χ1v) is 10.8. The van der Waals surface area contributed by atoms with Gasteiger partial charge in [-0.2, -0.15) is 0 Å².